The number of fused-ring (bicyclic) bond motifs is 5. The standard InChI is InChI=1S/C30H27N3O5S/c1-2-38-28(36)22-17-11-8-14-21(17)39-27(22)33-25(34)23-20(15-16-9-4-3-5-10-16)32-30(24(23)26(33)35)18-12-6-7-13-19(18)31-29(30)37/h3-7,9-10,12-13,20,23-24,32H,2,8,11,14-15H2,1H3,(H,31,37)/t20-,23+,24-,30-/m0/s1. The highest BCUT2D eigenvalue weighted by atomic mass is 32.1. The summed E-state index contributed by atoms with van der Waals surface area (Å²) in [6.45, 7) is 1.93. The van der Waals surface area contributed by atoms with Crippen molar-refractivity contribution in [3.8, 4) is 0 Å². The number of carbonyl (C=O) groups is 4. The van der Waals surface area contributed by atoms with Gasteiger partial charge in [0.25, 0.3) is 0 Å². The second-order valence-electron chi connectivity index (χ2n) is 10.5. The maximum atomic E-state index is 14.4. The van der Waals surface area contributed by atoms with E-state index in [-0.39, 0.29) is 18.4 Å². The lowest BCUT2D eigenvalue weighted by Gasteiger charge is -2.29. The molecule has 3 aliphatic heterocycles. The molecule has 9 heteroatoms. The van der Waals surface area contributed by atoms with Crippen LogP contribution in [-0.2, 0) is 43.9 Å². The summed E-state index contributed by atoms with van der Waals surface area (Å²) in [5.41, 5.74) is 2.13. The van der Waals surface area contributed by atoms with Crippen molar-refractivity contribution >= 4 is 45.7 Å². The molecule has 8 nitrogen and oxygen atoms in total. The number of thiophene rings is 1. The third-order valence-corrected chi connectivity index (χ3v) is 9.78. The van der Waals surface area contributed by atoms with Gasteiger partial charge in [0.15, 0.2) is 0 Å². The average Bonchev–Trinajstić information content (AvgIpc) is 3.70. The van der Waals surface area contributed by atoms with E-state index in [9.17, 15) is 19.2 Å². The van der Waals surface area contributed by atoms with Crippen LogP contribution in [0, 0.1) is 11.8 Å². The highest BCUT2D eigenvalue weighted by molar-refractivity contribution is 7.17. The molecule has 1 aromatic heterocycles. The van der Waals surface area contributed by atoms with E-state index in [1.807, 2.05) is 54.6 Å². The van der Waals surface area contributed by atoms with E-state index in [1.54, 1.807) is 6.92 Å². The van der Waals surface area contributed by atoms with E-state index in [4.69, 9.17) is 4.74 Å². The Kier molecular flexibility index (Phi) is 5.50. The zero-order chi connectivity index (χ0) is 26.9. The first-order valence-electron chi connectivity index (χ1n) is 13.4. The van der Waals surface area contributed by atoms with Crippen LogP contribution in [-0.4, -0.2) is 36.3 Å². The van der Waals surface area contributed by atoms with Crippen molar-refractivity contribution in [2.24, 2.45) is 11.8 Å². The third kappa shape index (κ3) is 3.32. The van der Waals surface area contributed by atoms with Gasteiger partial charge < -0.3 is 10.1 Å². The van der Waals surface area contributed by atoms with E-state index >= 15 is 0 Å². The average molecular weight is 542 g/mol. The molecule has 2 N–H and O–H groups in total. The molecule has 1 aliphatic carbocycles. The zero-order valence-electron chi connectivity index (χ0n) is 21.4. The summed E-state index contributed by atoms with van der Waals surface area (Å²) in [7, 11) is 0. The summed E-state index contributed by atoms with van der Waals surface area (Å²) in [6, 6.07) is 16.6. The van der Waals surface area contributed by atoms with Crippen molar-refractivity contribution in [1.29, 1.82) is 0 Å². The molecule has 0 unspecified atom stereocenters. The molecule has 7 rings (SSSR count). The topological polar surface area (TPSA) is 105 Å². The van der Waals surface area contributed by atoms with Crippen LogP contribution in [0.3, 0.4) is 0 Å². The summed E-state index contributed by atoms with van der Waals surface area (Å²) >= 11 is 1.33. The minimum atomic E-state index is -1.38. The number of esters is 1. The fraction of sp³-hybridized carbons (Fsp3) is 0.333. The summed E-state index contributed by atoms with van der Waals surface area (Å²) in [5.74, 6) is -3.40. The van der Waals surface area contributed by atoms with E-state index in [1.165, 1.54) is 16.2 Å². The molecule has 3 amide bonds. The number of aryl methyl sites for hydroxylation is 1. The molecule has 1 spiro atoms. The lowest BCUT2D eigenvalue weighted by molar-refractivity contribution is -0.130. The Bertz CT molecular complexity index is 1550. The molecule has 4 aliphatic rings. The second-order valence-corrected chi connectivity index (χ2v) is 11.6. The van der Waals surface area contributed by atoms with Crippen LogP contribution in [0.1, 0.15) is 45.3 Å². The van der Waals surface area contributed by atoms with Gasteiger partial charge in [0.1, 0.15) is 10.5 Å². The second kappa shape index (κ2) is 8.86. The number of nitrogens with zero attached hydrogens (tertiary/aromatic N) is 1. The molecule has 2 saturated heterocycles. The van der Waals surface area contributed by atoms with Crippen molar-refractivity contribution < 1.29 is 23.9 Å². The van der Waals surface area contributed by atoms with Crippen LogP contribution in [0.2, 0.25) is 0 Å². The van der Waals surface area contributed by atoms with E-state index in [0.29, 0.717) is 34.7 Å². The predicted octanol–water partition coefficient (Wildman–Crippen LogP) is 3.58. The molecule has 2 fully saturated rings. The number of ether oxygens (including phenoxy) is 1. The van der Waals surface area contributed by atoms with Crippen molar-refractivity contribution in [1.82, 2.24) is 5.32 Å². The van der Waals surface area contributed by atoms with E-state index in [2.05, 4.69) is 10.6 Å². The van der Waals surface area contributed by atoms with Gasteiger partial charge in [-0.3, -0.25) is 19.7 Å². The van der Waals surface area contributed by atoms with Gasteiger partial charge in [-0.2, -0.15) is 0 Å². The van der Waals surface area contributed by atoms with Gasteiger partial charge in [-0.1, -0.05) is 48.5 Å². The number of amides is 3. The minimum absolute atomic E-state index is 0.194. The lowest BCUT2D eigenvalue weighted by atomic mass is 9.76. The molecule has 2 aromatic carbocycles. The van der Waals surface area contributed by atoms with E-state index in [0.717, 1.165) is 28.8 Å². The Morgan fingerprint density at radius 3 is 2.62 bits per heavy atom. The van der Waals surface area contributed by atoms with Gasteiger partial charge in [-0.15, -0.1) is 11.3 Å². The van der Waals surface area contributed by atoms with Gasteiger partial charge in [-0.05, 0) is 49.8 Å². The van der Waals surface area contributed by atoms with Gasteiger partial charge in [0, 0.05) is 22.2 Å². The number of benzene rings is 2. The molecule has 198 valence electrons. The third-order valence-electron chi connectivity index (χ3n) is 8.51. The number of nitrogens with one attached hydrogen (secondary N) is 2. The highest BCUT2D eigenvalue weighted by Crippen LogP contribution is 2.55. The molecule has 0 saturated carbocycles. The first-order chi connectivity index (χ1) is 19.0. The maximum absolute atomic E-state index is 14.4. The van der Waals surface area contributed by atoms with Gasteiger partial charge in [0.05, 0.1) is 24.0 Å². The smallest absolute Gasteiger partial charge is 0.341 e. The lowest BCUT2D eigenvalue weighted by Crippen LogP contribution is -2.53. The Morgan fingerprint density at radius 1 is 1.05 bits per heavy atom. The normalized spacial score (nSPS) is 26.6. The van der Waals surface area contributed by atoms with E-state index < -0.39 is 35.3 Å². The number of hydrogen-bond donors (Lipinski definition) is 2. The molecular formula is C30H27N3O5S. The fourth-order valence-electron chi connectivity index (χ4n) is 6.96. The predicted molar refractivity (Wildman–Crippen MR) is 146 cm³/mol. The summed E-state index contributed by atoms with van der Waals surface area (Å²) in [6.07, 6.45) is 2.90. The summed E-state index contributed by atoms with van der Waals surface area (Å²) in [5, 5.41) is 6.76. The molecular weight excluding hydrogens is 514 g/mol. The van der Waals surface area contributed by atoms with Gasteiger partial charge >= 0.3 is 5.97 Å². The fourth-order valence-corrected chi connectivity index (χ4v) is 8.35. The number of imide groups is 1. The van der Waals surface area contributed by atoms with Crippen LogP contribution < -0.4 is 15.5 Å². The van der Waals surface area contributed by atoms with Crippen LogP contribution in [0.25, 0.3) is 0 Å². The molecule has 4 heterocycles. The molecule has 4 atom stereocenters. The summed E-state index contributed by atoms with van der Waals surface area (Å²) < 4.78 is 5.38. The van der Waals surface area contributed by atoms with Crippen molar-refractivity contribution in [2.75, 3.05) is 16.8 Å². The van der Waals surface area contributed by atoms with Crippen molar-refractivity contribution in [3.05, 3.63) is 81.7 Å². The van der Waals surface area contributed by atoms with Crippen molar-refractivity contribution in [2.45, 2.75) is 44.2 Å². The van der Waals surface area contributed by atoms with Gasteiger partial charge in [-0.25, -0.2) is 9.69 Å². The number of hydrogen-bond acceptors (Lipinski definition) is 7. The SMILES string of the molecule is CCOC(=O)c1c(N2C(=O)[C@@H]3[C@H](Cc4ccccc4)N[C@]4(C(=O)Nc5ccccc54)[C@@H]3C2=O)sc2c1CCC2. The largest absolute Gasteiger partial charge is 0.462 e. The quantitative estimate of drug-likeness (QED) is 0.378. The van der Waals surface area contributed by atoms with Gasteiger partial charge in [0.2, 0.25) is 17.7 Å². The molecule has 0 radical (unpaired) electrons. The maximum Gasteiger partial charge on any atom is 0.341 e. The number of rotatable bonds is 5. The molecule has 39 heavy (non-hydrogen) atoms. The van der Waals surface area contributed by atoms with Crippen LogP contribution in [0.5, 0.6) is 0 Å². The molecule has 3 aromatic rings. The zero-order valence-corrected chi connectivity index (χ0v) is 22.2. The van der Waals surface area contributed by atoms with Crippen LogP contribution in [0.15, 0.2) is 54.6 Å². The van der Waals surface area contributed by atoms with Crippen molar-refractivity contribution in [3.63, 3.8) is 0 Å². The number of para-hydroxylation sites is 1. The number of carbonyl (C=O) groups excluding carboxylic acids is 4. The van der Waals surface area contributed by atoms with Crippen LogP contribution >= 0.6 is 11.3 Å². The number of anilines is 2. The summed E-state index contributed by atoms with van der Waals surface area (Å²) in [4.78, 5) is 57.8. The highest BCUT2D eigenvalue weighted by Gasteiger charge is 2.71. The Hall–Kier alpha value is -3.82. The Balaban J connectivity index is 1.38. The molecule has 0 bridgehead atoms. The Labute approximate surface area is 229 Å². The first-order valence-corrected chi connectivity index (χ1v) is 14.2. The van der Waals surface area contributed by atoms with Crippen LogP contribution in [0.4, 0.5) is 10.7 Å². The Morgan fingerprint density at radius 2 is 1.82 bits per heavy atom. The monoisotopic (exact) mass is 541 g/mol. The first kappa shape index (κ1) is 24.2. The minimum Gasteiger partial charge on any atom is -0.462 e.